The summed E-state index contributed by atoms with van der Waals surface area (Å²) in [6, 6.07) is 0. The highest BCUT2D eigenvalue weighted by molar-refractivity contribution is 7.99. The van der Waals surface area contributed by atoms with Crippen LogP contribution in [0.15, 0.2) is 0 Å². The molecule has 0 aromatic heterocycles. The molecule has 0 heterocycles. The molecule has 0 saturated heterocycles. The van der Waals surface area contributed by atoms with Gasteiger partial charge in [0, 0.05) is 19.5 Å². The van der Waals surface area contributed by atoms with Crippen molar-refractivity contribution in [2.75, 3.05) is 25.2 Å². The molecule has 2 nitrogen and oxygen atoms in total. The van der Waals surface area contributed by atoms with Gasteiger partial charge in [-0.25, -0.2) is 0 Å². The third kappa shape index (κ3) is 8.37. The summed E-state index contributed by atoms with van der Waals surface area (Å²) in [4.78, 5) is 0. The van der Waals surface area contributed by atoms with E-state index in [0.717, 1.165) is 31.0 Å². The maximum absolute atomic E-state index is 9.43. The highest BCUT2D eigenvalue weighted by Crippen LogP contribution is 2.08. The van der Waals surface area contributed by atoms with Crippen LogP contribution in [0, 0.1) is 0 Å². The first-order valence-electron chi connectivity index (χ1n) is 4.56. The molecule has 0 aliphatic heterocycles. The average Bonchev–Trinajstić information content (AvgIpc) is 2.06. The largest absolute Gasteiger partial charge is 0.392 e. The van der Waals surface area contributed by atoms with Gasteiger partial charge >= 0.3 is 0 Å². The maximum Gasteiger partial charge on any atom is 0.0631 e. The fourth-order valence-corrected chi connectivity index (χ4v) is 1.80. The molecule has 12 heavy (non-hydrogen) atoms. The SMILES string of the molecule is CCCSCC(O)CCCOC. The van der Waals surface area contributed by atoms with E-state index in [4.69, 9.17) is 4.74 Å². The van der Waals surface area contributed by atoms with Crippen LogP contribution < -0.4 is 0 Å². The van der Waals surface area contributed by atoms with E-state index in [0.29, 0.717) is 0 Å². The minimum absolute atomic E-state index is 0.142. The lowest BCUT2D eigenvalue weighted by Crippen LogP contribution is -2.11. The van der Waals surface area contributed by atoms with Crippen molar-refractivity contribution in [3.05, 3.63) is 0 Å². The monoisotopic (exact) mass is 192 g/mol. The number of aliphatic hydroxyl groups excluding tert-OH is 1. The van der Waals surface area contributed by atoms with E-state index < -0.39 is 0 Å². The summed E-state index contributed by atoms with van der Waals surface area (Å²) in [6.07, 6.45) is 2.88. The Morgan fingerprint density at radius 1 is 1.50 bits per heavy atom. The zero-order valence-corrected chi connectivity index (χ0v) is 8.90. The number of methoxy groups -OCH3 is 1. The van der Waals surface area contributed by atoms with Gasteiger partial charge in [0.1, 0.15) is 0 Å². The van der Waals surface area contributed by atoms with Crippen molar-refractivity contribution in [2.45, 2.75) is 32.3 Å². The predicted octanol–water partition coefficient (Wildman–Crippen LogP) is 1.92. The summed E-state index contributed by atoms with van der Waals surface area (Å²) < 4.78 is 4.90. The van der Waals surface area contributed by atoms with Crippen LogP contribution in [0.3, 0.4) is 0 Å². The molecular formula is C9H20O2S. The summed E-state index contributed by atoms with van der Waals surface area (Å²) in [6.45, 7) is 2.92. The van der Waals surface area contributed by atoms with Crippen LogP contribution in [0.4, 0.5) is 0 Å². The normalized spacial score (nSPS) is 13.2. The van der Waals surface area contributed by atoms with Crippen LogP contribution in [0.25, 0.3) is 0 Å². The summed E-state index contributed by atoms with van der Waals surface area (Å²) in [5.74, 6) is 2.03. The van der Waals surface area contributed by atoms with Gasteiger partial charge in [0.05, 0.1) is 6.10 Å². The number of aliphatic hydroxyl groups is 1. The Kier molecular flexibility index (Phi) is 9.57. The van der Waals surface area contributed by atoms with Gasteiger partial charge in [0.2, 0.25) is 0 Å². The smallest absolute Gasteiger partial charge is 0.0631 e. The first-order valence-corrected chi connectivity index (χ1v) is 5.71. The highest BCUT2D eigenvalue weighted by Gasteiger charge is 2.02. The van der Waals surface area contributed by atoms with Crippen LogP contribution in [0.5, 0.6) is 0 Å². The Balaban J connectivity index is 3.04. The summed E-state index contributed by atoms with van der Waals surface area (Å²) in [5.41, 5.74) is 0. The second-order valence-corrected chi connectivity index (χ2v) is 4.01. The third-order valence-corrected chi connectivity index (χ3v) is 2.86. The number of hydrogen-bond donors (Lipinski definition) is 1. The number of rotatable bonds is 8. The van der Waals surface area contributed by atoms with Gasteiger partial charge in [-0.3, -0.25) is 0 Å². The number of hydrogen-bond acceptors (Lipinski definition) is 3. The van der Waals surface area contributed by atoms with Crippen molar-refractivity contribution in [1.29, 1.82) is 0 Å². The standard InChI is InChI=1S/C9H20O2S/c1-3-7-12-8-9(10)5-4-6-11-2/h9-10H,3-8H2,1-2H3. The lowest BCUT2D eigenvalue weighted by Gasteiger charge is -2.08. The molecule has 74 valence electrons. The van der Waals surface area contributed by atoms with E-state index >= 15 is 0 Å². The molecule has 0 spiro atoms. The zero-order chi connectivity index (χ0) is 9.23. The van der Waals surface area contributed by atoms with Crippen molar-refractivity contribution in [2.24, 2.45) is 0 Å². The Morgan fingerprint density at radius 2 is 2.25 bits per heavy atom. The minimum Gasteiger partial charge on any atom is -0.392 e. The molecule has 1 atom stereocenters. The molecule has 3 heteroatoms. The van der Waals surface area contributed by atoms with Crippen LogP contribution in [-0.2, 0) is 4.74 Å². The molecule has 0 amide bonds. The molecule has 0 rings (SSSR count). The first-order chi connectivity index (χ1) is 5.81. The van der Waals surface area contributed by atoms with Crippen molar-refractivity contribution in [3.8, 4) is 0 Å². The quantitative estimate of drug-likeness (QED) is 0.596. The van der Waals surface area contributed by atoms with Gasteiger partial charge < -0.3 is 9.84 Å². The van der Waals surface area contributed by atoms with Gasteiger partial charge in [-0.05, 0) is 25.0 Å². The molecule has 0 radical (unpaired) electrons. The Bertz CT molecular complexity index is 78.6. The van der Waals surface area contributed by atoms with Gasteiger partial charge in [-0.1, -0.05) is 6.92 Å². The van der Waals surface area contributed by atoms with E-state index in [1.54, 1.807) is 7.11 Å². The van der Waals surface area contributed by atoms with Crippen molar-refractivity contribution < 1.29 is 9.84 Å². The van der Waals surface area contributed by atoms with Crippen LogP contribution in [-0.4, -0.2) is 36.4 Å². The van der Waals surface area contributed by atoms with Gasteiger partial charge in [-0.15, -0.1) is 0 Å². The summed E-state index contributed by atoms with van der Waals surface area (Å²) in [7, 11) is 1.69. The molecule has 0 bridgehead atoms. The molecule has 0 aliphatic carbocycles. The Hall–Kier alpha value is 0.270. The zero-order valence-electron chi connectivity index (χ0n) is 8.08. The molecule has 0 aromatic carbocycles. The third-order valence-electron chi connectivity index (χ3n) is 1.54. The lowest BCUT2D eigenvalue weighted by atomic mass is 10.2. The fourth-order valence-electron chi connectivity index (χ4n) is 0.910. The molecule has 0 aromatic rings. The van der Waals surface area contributed by atoms with Crippen molar-refractivity contribution in [1.82, 2.24) is 0 Å². The van der Waals surface area contributed by atoms with Crippen LogP contribution in [0.2, 0.25) is 0 Å². The number of ether oxygens (including phenoxy) is 1. The van der Waals surface area contributed by atoms with E-state index in [1.807, 2.05) is 11.8 Å². The van der Waals surface area contributed by atoms with E-state index in [-0.39, 0.29) is 6.10 Å². The molecular weight excluding hydrogens is 172 g/mol. The van der Waals surface area contributed by atoms with Gasteiger partial charge in [-0.2, -0.15) is 11.8 Å². The fraction of sp³-hybridized carbons (Fsp3) is 1.00. The molecule has 0 saturated carbocycles. The molecule has 1 N–H and O–H groups in total. The second kappa shape index (κ2) is 9.36. The molecule has 1 unspecified atom stereocenters. The van der Waals surface area contributed by atoms with Crippen molar-refractivity contribution in [3.63, 3.8) is 0 Å². The lowest BCUT2D eigenvalue weighted by molar-refractivity contribution is 0.149. The Labute approximate surface area is 79.7 Å². The van der Waals surface area contributed by atoms with Gasteiger partial charge in [0.15, 0.2) is 0 Å². The van der Waals surface area contributed by atoms with Gasteiger partial charge in [0.25, 0.3) is 0 Å². The first kappa shape index (κ1) is 12.3. The topological polar surface area (TPSA) is 29.5 Å². The Morgan fingerprint density at radius 3 is 2.83 bits per heavy atom. The maximum atomic E-state index is 9.43. The summed E-state index contributed by atoms with van der Waals surface area (Å²) >= 11 is 1.83. The predicted molar refractivity (Wildman–Crippen MR) is 54.7 cm³/mol. The second-order valence-electron chi connectivity index (χ2n) is 2.86. The van der Waals surface area contributed by atoms with Crippen LogP contribution >= 0.6 is 11.8 Å². The molecule has 0 aliphatic rings. The van der Waals surface area contributed by atoms with Crippen molar-refractivity contribution >= 4 is 11.8 Å². The summed E-state index contributed by atoms with van der Waals surface area (Å²) in [5, 5.41) is 9.43. The minimum atomic E-state index is -0.142. The molecule has 0 fully saturated rings. The highest BCUT2D eigenvalue weighted by atomic mass is 32.2. The van der Waals surface area contributed by atoms with E-state index in [1.165, 1.54) is 6.42 Å². The van der Waals surface area contributed by atoms with Crippen LogP contribution in [0.1, 0.15) is 26.2 Å². The van der Waals surface area contributed by atoms with E-state index in [9.17, 15) is 5.11 Å². The number of thioether (sulfide) groups is 1. The average molecular weight is 192 g/mol. The van der Waals surface area contributed by atoms with E-state index in [2.05, 4.69) is 6.92 Å².